The summed E-state index contributed by atoms with van der Waals surface area (Å²) in [5, 5.41) is 0. The third kappa shape index (κ3) is 5.20. The molecule has 0 aliphatic rings. The Bertz CT molecular complexity index is 478. The Morgan fingerprint density at radius 2 is 1.23 bits per heavy atom. The Kier molecular flexibility index (Phi) is 6.02. The van der Waals surface area contributed by atoms with Crippen molar-refractivity contribution >= 4 is 25.5 Å². The van der Waals surface area contributed by atoms with Crippen LogP contribution in [0, 0.1) is 0 Å². The highest BCUT2D eigenvalue weighted by Crippen LogP contribution is 2.55. The van der Waals surface area contributed by atoms with Gasteiger partial charge in [0.2, 0.25) is 0 Å². The molecule has 0 rings (SSSR count). The zero-order valence-corrected chi connectivity index (χ0v) is 11.5. The van der Waals surface area contributed by atoms with Gasteiger partial charge in [-0.15, -0.1) is 0 Å². The lowest BCUT2D eigenvalue weighted by Crippen LogP contribution is -2.32. The third-order valence-electron chi connectivity index (χ3n) is 1.90. The predicted molar refractivity (Wildman–Crippen MR) is 53.4 cm³/mol. The van der Waals surface area contributed by atoms with Crippen molar-refractivity contribution in [1.82, 2.24) is 0 Å². The smallest absolute Gasteiger partial charge is 0.468 e. The molecule has 0 spiro atoms. The standard InChI is InChI=1S/C8H7F6O7P/c1-3(4(15)19-2)22(18,20-5(16)7(9,10)11)21-6(17)8(12,13)14/h3H,1-2H3. The molecular formula is C8H7F6O7P. The van der Waals surface area contributed by atoms with Crippen molar-refractivity contribution in [1.29, 1.82) is 0 Å². The van der Waals surface area contributed by atoms with Gasteiger partial charge in [0.1, 0.15) is 0 Å². The number of methoxy groups -OCH3 is 1. The molecule has 1 unspecified atom stereocenters. The first kappa shape index (κ1) is 20.2. The van der Waals surface area contributed by atoms with Crippen LogP contribution in [0.5, 0.6) is 0 Å². The molecule has 0 aliphatic heterocycles. The molecular weight excluding hydrogens is 353 g/mol. The number of hydrogen-bond acceptors (Lipinski definition) is 7. The van der Waals surface area contributed by atoms with Gasteiger partial charge in [-0.05, 0) is 6.92 Å². The Balaban J connectivity index is 5.60. The lowest BCUT2D eigenvalue weighted by Gasteiger charge is -2.22. The molecule has 0 radical (unpaired) electrons. The second kappa shape index (κ2) is 6.55. The minimum Gasteiger partial charge on any atom is -0.468 e. The van der Waals surface area contributed by atoms with Gasteiger partial charge in [0.15, 0.2) is 5.66 Å². The maximum atomic E-state index is 12.0. The Morgan fingerprint density at radius 3 is 1.45 bits per heavy atom. The number of alkyl halides is 6. The third-order valence-corrected chi connectivity index (χ3v) is 3.90. The van der Waals surface area contributed by atoms with Crippen molar-refractivity contribution in [3.63, 3.8) is 0 Å². The van der Waals surface area contributed by atoms with E-state index in [0.29, 0.717) is 14.0 Å². The topological polar surface area (TPSA) is 96.0 Å². The quantitative estimate of drug-likeness (QED) is 0.430. The molecule has 0 aliphatic carbocycles. The summed E-state index contributed by atoms with van der Waals surface area (Å²) >= 11 is 0. The molecule has 0 heterocycles. The van der Waals surface area contributed by atoms with Crippen LogP contribution in [0.1, 0.15) is 6.92 Å². The molecule has 0 N–H and O–H groups in total. The highest BCUT2D eigenvalue weighted by molar-refractivity contribution is 7.56. The van der Waals surface area contributed by atoms with E-state index in [1.165, 1.54) is 0 Å². The van der Waals surface area contributed by atoms with Gasteiger partial charge in [-0.3, -0.25) is 4.79 Å². The van der Waals surface area contributed by atoms with Crippen LogP contribution in [0.15, 0.2) is 0 Å². The fourth-order valence-corrected chi connectivity index (χ4v) is 2.20. The van der Waals surface area contributed by atoms with Gasteiger partial charge in [0, 0.05) is 0 Å². The molecule has 22 heavy (non-hydrogen) atoms. The van der Waals surface area contributed by atoms with Crippen LogP contribution >= 0.6 is 7.60 Å². The van der Waals surface area contributed by atoms with Crippen LogP contribution in [0.4, 0.5) is 26.3 Å². The first-order chi connectivity index (χ1) is 9.65. The van der Waals surface area contributed by atoms with Gasteiger partial charge in [0.05, 0.1) is 7.11 Å². The predicted octanol–water partition coefficient (Wildman–Crippen LogP) is 1.95. The molecule has 14 heteroatoms. The SMILES string of the molecule is COC(=O)C(C)P(=O)(OC(=O)C(F)(F)F)OC(=O)C(F)(F)F. The lowest BCUT2D eigenvalue weighted by atomic mass is 10.5. The lowest BCUT2D eigenvalue weighted by molar-refractivity contribution is -0.195. The second-order valence-electron chi connectivity index (χ2n) is 3.49. The van der Waals surface area contributed by atoms with Crippen molar-refractivity contribution in [2.24, 2.45) is 0 Å². The second-order valence-corrected chi connectivity index (χ2v) is 5.71. The summed E-state index contributed by atoms with van der Waals surface area (Å²) in [4.78, 5) is 32.2. The first-order valence-electron chi connectivity index (χ1n) is 4.94. The maximum absolute atomic E-state index is 12.0. The molecule has 0 aromatic carbocycles. The van der Waals surface area contributed by atoms with Crippen LogP contribution in [0.3, 0.4) is 0 Å². The monoisotopic (exact) mass is 360 g/mol. The number of halogens is 6. The number of carbonyl (C=O) groups excluding carboxylic acids is 3. The summed E-state index contributed by atoms with van der Waals surface area (Å²) in [5.74, 6) is -8.04. The minimum atomic E-state index is -5.80. The molecule has 0 aromatic heterocycles. The molecule has 128 valence electrons. The van der Waals surface area contributed by atoms with Gasteiger partial charge in [-0.2, -0.15) is 26.3 Å². The van der Waals surface area contributed by atoms with Crippen molar-refractivity contribution in [2.75, 3.05) is 7.11 Å². The van der Waals surface area contributed by atoms with E-state index in [9.17, 15) is 45.3 Å². The average Bonchev–Trinajstić information content (AvgIpc) is 2.34. The van der Waals surface area contributed by atoms with Gasteiger partial charge in [-0.1, -0.05) is 0 Å². The van der Waals surface area contributed by atoms with E-state index in [-0.39, 0.29) is 0 Å². The summed E-state index contributed by atoms with van der Waals surface area (Å²) < 4.78 is 94.5. The van der Waals surface area contributed by atoms with Gasteiger partial charge in [0.25, 0.3) is 0 Å². The van der Waals surface area contributed by atoms with Gasteiger partial charge in [-0.25, -0.2) is 14.2 Å². The number of rotatable bonds is 4. The summed E-state index contributed by atoms with van der Waals surface area (Å²) in [7, 11) is -5.15. The van der Waals surface area contributed by atoms with Crippen LogP contribution in [0.25, 0.3) is 0 Å². The average molecular weight is 360 g/mol. The van der Waals surface area contributed by atoms with Gasteiger partial charge < -0.3 is 13.8 Å². The van der Waals surface area contributed by atoms with E-state index < -0.39 is 43.5 Å². The molecule has 0 saturated heterocycles. The van der Waals surface area contributed by atoms with E-state index in [2.05, 4.69) is 13.8 Å². The Morgan fingerprint density at radius 1 is 0.909 bits per heavy atom. The van der Waals surface area contributed by atoms with E-state index in [4.69, 9.17) is 0 Å². The molecule has 0 fully saturated rings. The zero-order chi connectivity index (χ0) is 17.9. The summed E-state index contributed by atoms with van der Waals surface area (Å²) in [5.41, 5.74) is -2.41. The van der Waals surface area contributed by atoms with E-state index in [1.54, 1.807) is 0 Å². The summed E-state index contributed by atoms with van der Waals surface area (Å²) in [6.07, 6.45) is -11.5. The highest BCUT2D eigenvalue weighted by Gasteiger charge is 2.54. The molecule has 0 saturated carbocycles. The Labute approximate surface area is 118 Å². The van der Waals surface area contributed by atoms with Crippen LogP contribution in [0.2, 0.25) is 0 Å². The van der Waals surface area contributed by atoms with Crippen LogP contribution < -0.4 is 0 Å². The fraction of sp³-hybridized carbons (Fsp3) is 0.625. The fourth-order valence-electron chi connectivity index (χ4n) is 0.811. The number of carbonyl (C=O) groups is 3. The molecule has 0 aromatic rings. The summed E-state index contributed by atoms with van der Waals surface area (Å²) in [6.45, 7) is 0.486. The first-order valence-corrected chi connectivity index (χ1v) is 6.55. The maximum Gasteiger partial charge on any atom is 0.491 e. The number of hydrogen-bond donors (Lipinski definition) is 0. The number of esters is 1. The molecule has 0 amide bonds. The van der Waals surface area contributed by atoms with Crippen molar-refractivity contribution in [3.8, 4) is 0 Å². The largest absolute Gasteiger partial charge is 0.491 e. The van der Waals surface area contributed by atoms with Crippen molar-refractivity contribution in [3.05, 3.63) is 0 Å². The van der Waals surface area contributed by atoms with Crippen molar-refractivity contribution in [2.45, 2.75) is 24.9 Å². The van der Waals surface area contributed by atoms with E-state index in [1.807, 2.05) is 0 Å². The number of ether oxygens (including phenoxy) is 1. The molecule has 0 bridgehead atoms. The minimum absolute atomic E-state index is 0.486. The van der Waals surface area contributed by atoms with Crippen LogP contribution in [-0.4, -0.2) is 43.0 Å². The van der Waals surface area contributed by atoms with E-state index >= 15 is 0 Å². The molecule has 1 atom stereocenters. The zero-order valence-electron chi connectivity index (χ0n) is 10.7. The van der Waals surface area contributed by atoms with Crippen molar-refractivity contribution < 1.29 is 59.1 Å². The summed E-state index contributed by atoms with van der Waals surface area (Å²) in [6, 6.07) is 0. The van der Waals surface area contributed by atoms with Crippen LogP contribution in [-0.2, 0) is 32.7 Å². The van der Waals surface area contributed by atoms with E-state index in [0.717, 1.165) is 0 Å². The Hall–Kier alpha value is -1.78. The van der Waals surface area contributed by atoms with Gasteiger partial charge >= 0.3 is 37.9 Å². The molecule has 7 nitrogen and oxygen atoms in total. The highest BCUT2D eigenvalue weighted by atomic mass is 31.2. The normalized spacial score (nSPS) is 14.0.